The fourth-order valence-corrected chi connectivity index (χ4v) is 0.780. The van der Waals surface area contributed by atoms with Crippen LogP contribution in [0.25, 0.3) is 0 Å². The van der Waals surface area contributed by atoms with E-state index >= 15 is 0 Å². The monoisotopic (exact) mass is 114 g/mol. The Balaban J connectivity index is 2.55. The van der Waals surface area contributed by atoms with Gasteiger partial charge < -0.3 is 10.2 Å². The van der Waals surface area contributed by atoms with Gasteiger partial charge in [0.2, 0.25) is 0 Å². The minimum Gasteiger partial charge on any atom is -0.389 e. The number of aliphatic hydroxyl groups excluding tert-OH is 2. The van der Waals surface area contributed by atoms with E-state index in [-0.39, 0.29) is 5.92 Å². The molecule has 8 heavy (non-hydrogen) atoms. The Labute approximate surface area is 48.5 Å². The average Bonchev–Trinajstić information content (AvgIpc) is 1.98. The summed E-state index contributed by atoms with van der Waals surface area (Å²) in [6.07, 6.45) is 2.36. The van der Waals surface area contributed by atoms with Crippen molar-refractivity contribution in [3.05, 3.63) is 12.2 Å². The molecule has 0 aromatic heterocycles. The SMILES string of the molecule is CC1[C@H](O)C=C[C@@H]1O. The molecule has 0 aliphatic heterocycles. The van der Waals surface area contributed by atoms with Crippen LogP contribution in [0.4, 0.5) is 0 Å². The summed E-state index contributed by atoms with van der Waals surface area (Å²) in [4.78, 5) is 0. The van der Waals surface area contributed by atoms with Crippen LogP contribution in [-0.4, -0.2) is 22.4 Å². The van der Waals surface area contributed by atoms with Crippen molar-refractivity contribution >= 4 is 0 Å². The zero-order chi connectivity index (χ0) is 6.15. The molecule has 0 saturated heterocycles. The third-order valence-corrected chi connectivity index (χ3v) is 1.58. The molecule has 3 atom stereocenters. The van der Waals surface area contributed by atoms with Crippen molar-refractivity contribution in [2.45, 2.75) is 19.1 Å². The molecule has 0 heterocycles. The molecule has 0 amide bonds. The van der Waals surface area contributed by atoms with Gasteiger partial charge in [0.1, 0.15) is 0 Å². The molecule has 0 spiro atoms. The van der Waals surface area contributed by atoms with Crippen LogP contribution in [0.15, 0.2) is 12.2 Å². The molecular formula is C6H10O2. The van der Waals surface area contributed by atoms with Crippen LogP contribution in [0, 0.1) is 5.92 Å². The van der Waals surface area contributed by atoms with Gasteiger partial charge in [-0.1, -0.05) is 19.1 Å². The Bertz CT molecular complexity index is 97.1. The first-order valence-electron chi connectivity index (χ1n) is 2.76. The van der Waals surface area contributed by atoms with E-state index in [2.05, 4.69) is 0 Å². The van der Waals surface area contributed by atoms with Gasteiger partial charge in [-0.15, -0.1) is 0 Å². The quantitative estimate of drug-likeness (QED) is 0.432. The number of rotatable bonds is 0. The molecular weight excluding hydrogens is 104 g/mol. The van der Waals surface area contributed by atoms with Crippen molar-refractivity contribution in [3.63, 3.8) is 0 Å². The largest absolute Gasteiger partial charge is 0.389 e. The Morgan fingerprint density at radius 3 is 1.62 bits per heavy atom. The van der Waals surface area contributed by atoms with Gasteiger partial charge in [-0.05, 0) is 0 Å². The number of aliphatic hydroxyl groups is 2. The Hall–Kier alpha value is -0.340. The van der Waals surface area contributed by atoms with Crippen LogP contribution in [0.2, 0.25) is 0 Å². The van der Waals surface area contributed by atoms with Crippen molar-refractivity contribution in [1.29, 1.82) is 0 Å². The lowest BCUT2D eigenvalue weighted by atomic mass is 10.1. The molecule has 1 unspecified atom stereocenters. The normalized spacial score (nSPS) is 45.6. The van der Waals surface area contributed by atoms with Gasteiger partial charge in [-0.3, -0.25) is 0 Å². The molecule has 2 N–H and O–H groups in total. The van der Waals surface area contributed by atoms with Crippen LogP contribution in [0.5, 0.6) is 0 Å². The maximum atomic E-state index is 8.92. The van der Waals surface area contributed by atoms with Crippen LogP contribution >= 0.6 is 0 Å². The molecule has 2 nitrogen and oxygen atoms in total. The van der Waals surface area contributed by atoms with E-state index < -0.39 is 12.2 Å². The van der Waals surface area contributed by atoms with Crippen molar-refractivity contribution in [3.8, 4) is 0 Å². The van der Waals surface area contributed by atoms with E-state index in [4.69, 9.17) is 10.2 Å². The van der Waals surface area contributed by atoms with Gasteiger partial charge in [0.15, 0.2) is 0 Å². The third kappa shape index (κ3) is 0.767. The molecule has 2 heteroatoms. The van der Waals surface area contributed by atoms with Crippen LogP contribution < -0.4 is 0 Å². The van der Waals surface area contributed by atoms with Crippen molar-refractivity contribution in [2.24, 2.45) is 5.92 Å². The van der Waals surface area contributed by atoms with Gasteiger partial charge in [0, 0.05) is 5.92 Å². The van der Waals surface area contributed by atoms with E-state index in [9.17, 15) is 0 Å². The van der Waals surface area contributed by atoms with Crippen molar-refractivity contribution < 1.29 is 10.2 Å². The summed E-state index contributed by atoms with van der Waals surface area (Å²) < 4.78 is 0. The second kappa shape index (κ2) is 1.88. The summed E-state index contributed by atoms with van der Waals surface area (Å²) in [7, 11) is 0. The van der Waals surface area contributed by atoms with E-state index in [0.29, 0.717) is 0 Å². The summed E-state index contributed by atoms with van der Waals surface area (Å²) in [6, 6.07) is 0. The fraction of sp³-hybridized carbons (Fsp3) is 0.667. The third-order valence-electron chi connectivity index (χ3n) is 1.58. The molecule has 0 aromatic rings. The maximum absolute atomic E-state index is 8.92. The van der Waals surface area contributed by atoms with Crippen LogP contribution in [0.1, 0.15) is 6.92 Å². The average molecular weight is 114 g/mol. The number of hydrogen-bond donors (Lipinski definition) is 2. The predicted molar refractivity (Wildman–Crippen MR) is 30.3 cm³/mol. The minimum atomic E-state index is -0.440. The standard InChI is InChI=1S/C6H10O2/c1-4-5(7)2-3-6(4)8/h2-8H,1H3/t4?,5-,6+. The molecule has 1 rings (SSSR count). The molecule has 1 aliphatic carbocycles. The Kier molecular flexibility index (Phi) is 1.36. The fourth-order valence-electron chi connectivity index (χ4n) is 0.780. The highest BCUT2D eigenvalue weighted by Crippen LogP contribution is 2.17. The second-order valence-corrected chi connectivity index (χ2v) is 2.23. The van der Waals surface area contributed by atoms with Crippen LogP contribution in [-0.2, 0) is 0 Å². The van der Waals surface area contributed by atoms with Crippen molar-refractivity contribution in [2.75, 3.05) is 0 Å². The molecule has 0 radical (unpaired) electrons. The second-order valence-electron chi connectivity index (χ2n) is 2.23. The van der Waals surface area contributed by atoms with Crippen LogP contribution in [0.3, 0.4) is 0 Å². The summed E-state index contributed by atoms with van der Waals surface area (Å²) >= 11 is 0. The molecule has 0 bridgehead atoms. The predicted octanol–water partition coefficient (Wildman–Crippen LogP) is -0.0859. The summed E-state index contributed by atoms with van der Waals surface area (Å²) in [5, 5.41) is 17.8. The lowest BCUT2D eigenvalue weighted by Gasteiger charge is -2.10. The van der Waals surface area contributed by atoms with E-state index in [1.807, 2.05) is 6.92 Å². The first-order valence-corrected chi connectivity index (χ1v) is 2.76. The van der Waals surface area contributed by atoms with Gasteiger partial charge in [-0.25, -0.2) is 0 Å². The molecule has 46 valence electrons. The Morgan fingerprint density at radius 2 is 1.50 bits per heavy atom. The zero-order valence-corrected chi connectivity index (χ0v) is 4.78. The van der Waals surface area contributed by atoms with Gasteiger partial charge in [0.25, 0.3) is 0 Å². The number of hydrogen-bond acceptors (Lipinski definition) is 2. The first-order chi connectivity index (χ1) is 3.72. The zero-order valence-electron chi connectivity index (χ0n) is 4.78. The molecule has 1 aliphatic rings. The minimum absolute atomic E-state index is 0.0185. The summed E-state index contributed by atoms with van der Waals surface area (Å²) in [5.74, 6) is -0.0185. The van der Waals surface area contributed by atoms with E-state index in [0.717, 1.165) is 0 Å². The first kappa shape index (κ1) is 5.79. The molecule has 0 fully saturated rings. The van der Waals surface area contributed by atoms with E-state index in [1.54, 1.807) is 12.2 Å². The Morgan fingerprint density at radius 1 is 1.12 bits per heavy atom. The summed E-state index contributed by atoms with van der Waals surface area (Å²) in [5.41, 5.74) is 0. The highest BCUT2D eigenvalue weighted by molar-refractivity contribution is 5.06. The molecule has 0 aromatic carbocycles. The van der Waals surface area contributed by atoms with Gasteiger partial charge in [-0.2, -0.15) is 0 Å². The lowest BCUT2D eigenvalue weighted by molar-refractivity contribution is 0.0908. The lowest BCUT2D eigenvalue weighted by Crippen LogP contribution is -2.19. The summed E-state index contributed by atoms with van der Waals surface area (Å²) in [6.45, 7) is 1.81. The maximum Gasteiger partial charge on any atom is 0.0775 e. The molecule has 0 saturated carbocycles. The topological polar surface area (TPSA) is 40.5 Å². The highest BCUT2D eigenvalue weighted by atomic mass is 16.3. The van der Waals surface area contributed by atoms with E-state index in [1.165, 1.54) is 0 Å². The van der Waals surface area contributed by atoms with Gasteiger partial charge >= 0.3 is 0 Å². The van der Waals surface area contributed by atoms with Crippen molar-refractivity contribution in [1.82, 2.24) is 0 Å². The highest BCUT2D eigenvalue weighted by Gasteiger charge is 2.23. The smallest absolute Gasteiger partial charge is 0.0775 e. The van der Waals surface area contributed by atoms with Gasteiger partial charge in [0.05, 0.1) is 12.2 Å².